The monoisotopic (exact) mass is 369 g/mol. The molecule has 0 bridgehead atoms. The van der Waals surface area contributed by atoms with Gasteiger partial charge in [-0.2, -0.15) is 0 Å². The van der Waals surface area contributed by atoms with Gasteiger partial charge in [0, 0.05) is 5.56 Å². The first-order valence-corrected chi connectivity index (χ1v) is 10.2. The van der Waals surface area contributed by atoms with Crippen molar-refractivity contribution in [2.24, 2.45) is 5.92 Å². The number of hydrogen-bond acceptors (Lipinski definition) is 3. The largest absolute Gasteiger partial charge is 0.327 e. The Hall–Kier alpha value is -2.40. The standard InChI is InChI=1S/C21H23NO3S/c1-15(2)20-16(3)19(26(24,25)18-12-8-5-9-13-18)14-22(20)21(23)17-10-6-4-7-11-17/h4-13,15,20H,14H2,1-3H3. The first kappa shape index (κ1) is 18.4. The van der Waals surface area contributed by atoms with Gasteiger partial charge in [-0.25, -0.2) is 8.42 Å². The maximum absolute atomic E-state index is 13.1. The van der Waals surface area contributed by atoms with E-state index in [1.54, 1.807) is 47.4 Å². The van der Waals surface area contributed by atoms with Crippen molar-refractivity contribution in [2.45, 2.75) is 31.7 Å². The second kappa shape index (κ2) is 7.08. The molecule has 5 heteroatoms. The first-order chi connectivity index (χ1) is 12.3. The van der Waals surface area contributed by atoms with E-state index in [-0.39, 0.29) is 29.3 Å². The van der Waals surface area contributed by atoms with Crippen LogP contribution in [0.3, 0.4) is 0 Å². The molecule has 1 atom stereocenters. The molecule has 2 aromatic carbocycles. The predicted molar refractivity (Wildman–Crippen MR) is 102 cm³/mol. The van der Waals surface area contributed by atoms with E-state index in [0.717, 1.165) is 5.57 Å². The Morgan fingerprint density at radius 2 is 1.54 bits per heavy atom. The van der Waals surface area contributed by atoms with Crippen molar-refractivity contribution in [3.8, 4) is 0 Å². The van der Waals surface area contributed by atoms with Gasteiger partial charge in [0.05, 0.1) is 22.4 Å². The SMILES string of the molecule is CC1=C(S(=O)(=O)c2ccccc2)CN(C(=O)c2ccccc2)C1C(C)C. The number of benzene rings is 2. The number of rotatable bonds is 4. The Morgan fingerprint density at radius 1 is 1.00 bits per heavy atom. The summed E-state index contributed by atoms with van der Waals surface area (Å²) in [5.41, 5.74) is 1.33. The molecule has 0 aliphatic carbocycles. The molecule has 1 heterocycles. The van der Waals surface area contributed by atoms with Crippen LogP contribution in [-0.2, 0) is 9.84 Å². The van der Waals surface area contributed by atoms with Crippen molar-refractivity contribution in [3.63, 3.8) is 0 Å². The van der Waals surface area contributed by atoms with Crippen LogP contribution in [0.1, 0.15) is 31.1 Å². The summed E-state index contributed by atoms with van der Waals surface area (Å²) in [5.74, 6) is -0.0203. The van der Waals surface area contributed by atoms with E-state index in [1.807, 2.05) is 39.0 Å². The zero-order valence-corrected chi connectivity index (χ0v) is 16.0. The van der Waals surface area contributed by atoms with Crippen LogP contribution in [0.4, 0.5) is 0 Å². The molecule has 26 heavy (non-hydrogen) atoms. The first-order valence-electron chi connectivity index (χ1n) is 8.70. The van der Waals surface area contributed by atoms with Crippen LogP contribution >= 0.6 is 0 Å². The van der Waals surface area contributed by atoms with Crippen LogP contribution in [-0.4, -0.2) is 31.8 Å². The molecule has 0 saturated carbocycles. The fraction of sp³-hybridized carbons (Fsp3) is 0.286. The highest BCUT2D eigenvalue weighted by Gasteiger charge is 2.40. The fourth-order valence-corrected chi connectivity index (χ4v) is 5.27. The molecule has 1 aliphatic heterocycles. The molecular weight excluding hydrogens is 346 g/mol. The molecule has 4 nitrogen and oxygen atoms in total. The number of sulfone groups is 1. The van der Waals surface area contributed by atoms with E-state index >= 15 is 0 Å². The van der Waals surface area contributed by atoms with Gasteiger partial charge in [-0.05, 0) is 42.7 Å². The zero-order valence-electron chi connectivity index (χ0n) is 15.2. The van der Waals surface area contributed by atoms with Gasteiger partial charge in [-0.15, -0.1) is 0 Å². The zero-order chi connectivity index (χ0) is 18.9. The van der Waals surface area contributed by atoms with Crippen LogP contribution in [0, 0.1) is 5.92 Å². The predicted octanol–water partition coefficient (Wildman–Crippen LogP) is 3.91. The molecule has 0 aromatic heterocycles. The molecule has 0 N–H and O–H groups in total. The average Bonchev–Trinajstić information content (AvgIpc) is 3.00. The second-order valence-electron chi connectivity index (χ2n) is 6.91. The van der Waals surface area contributed by atoms with E-state index < -0.39 is 9.84 Å². The smallest absolute Gasteiger partial charge is 0.254 e. The van der Waals surface area contributed by atoms with Gasteiger partial charge in [0.15, 0.2) is 0 Å². The third-order valence-electron chi connectivity index (χ3n) is 4.82. The Bertz CT molecular complexity index is 932. The topological polar surface area (TPSA) is 54.5 Å². The highest BCUT2D eigenvalue weighted by Crippen LogP contribution is 2.35. The number of hydrogen-bond donors (Lipinski definition) is 0. The molecule has 1 aliphatic rings. The number of amides is 1. The average molecular weight is 369 g/mol. The van der Waals surface area contributed by atoms with Gasteiger partial charge in [-0.3, -0.25) is 4.79 Å². The van der Waals surface area contributed by atoms with Gasteiger partial charge in [0.1, 0.15) is 0 Å². The minimum absolute atomic E-state index is 0.111. The van der Waals surface area contributed by atoms with E-state index in [1.165, 1.54) is 0 Å². The van der Waals surface area contributed by atoms with Crippen molar-refractivity contribution in [3.05, 3.63) is 76.7 Å². The highest BCUT2D eigenvalue weighted by molar-refractivity contribution is 7.95. The van der Waals surface area contributed by atoms with E-state index in [9.17, 15) is 13.2 Å². The van der Waals surface area contributed by atoms with Crippen molar-refractivity contribution < 1.29 is 13.2 Å². The Kier molecular flexibility index (Phi) is 5.01. The van der Waals surface area contributed by atoms with Crippen LogP contribution in [0.25, 0.3) is 0 Å². The molecular formula is C21H23NO3S. The van der Waals surface area contributed by atoms with Crippen LogP contribution in [0.2, 0.25) is 0 Å². The molecule has 0 saturated heterocycles. The van der Waals surface area contributed by atoms with E-state index in [2.05, 4.69) is 0 Å². The van der Waals surface area contributed by atoms with Crippen molar-refractivity contribution >= 4 is 15.7 Å². The maximum atomic E-state index is 13.1. The van der Waals surface area contributed by atoms with E-state index in [4.69, 9.17) is 0 Å². The van der Waals surface area contributed by atoms with Crippen molar-refractivity contribution in [2.75, 3.05) is 6.54 Å². The second-order valence-corrected chi connectivity index (χ2v) is 8.88. The Morgan fingerprint density at radius 3 is 2.08 bits per heavy atom. The summed E-state index contributed by atoms with van der Waals surface area (Å²) in [4.78, 5) is 15.3. The lowest BCUT2D eigenvalue weighted by molar-refractivity contribution is 0.0713. The Labute approximate surface area is 155 Å². The number of carbonyl (C=O) groups is 1. The fourth-order valence-electron chi connectivity index (χ4n) is 3.62. The van der Waals surface area contributed by atoms with Gasteiger partial charge in [-0.1, -0.05) is 50.2 Å². The molecule has 0 spiro atoms. The summed E-state index contributed by atoms with van der Waals surface area (Å²) >= 11 is 0. The van der Waals surface area contributed by atoms with E-state index in [0.29, 0.717) is 10.5 Å². The number of nitrogens with zero attached hydrogens (tertiary/aromatic N) is 1. The van der Waals surface area contributed by atoms with Gasteiger partial charge >= 0.3 is 0 Å². The van der Waals surface area contributed by atoms with Gasteiger partial charge in [0.2, 0.25) is 9.84 Å². The maximum Gasteiger partial charge on any atom is 0.254 e. The summed E-state index contributed by atoms with van der Waals surface area (Å²) in [5, 5.41) is 0. The molecule has 3 rings (SSSR count). The summed E-state index contributed by atoms with van der Waals surface area (Å²) < 4.78 is 26.2. The number of carbonyl (C=O) groups excluding carboxylic acids is 1. The van der Waals surface area contributed by atoms with Crippen LogP contribution in [0.15, 0.2) is 76.0 Å². The quantitative estimate of drug-likeness (QED) is 0.821. The lowest BCUT2D eigenvalue weighted by atomic mass is 9.97. The molecule has 0 radical (unpaired) electrons. The normalized spacial score (nSPS) is 17.8. The molecule has 1 amide bonds. The molecule has 136 valence electrons. The minimum Gasteiger partial charge on any atom is -0.327 e. The lowest BCUT2D eigenvalue weighted by Gasteiger charge is -2.29. The van der Waals surface area contributed by atoms with Crippen molar-refractivity contribution in [1.29, 1.82) is 0 Å². The summed E-state index contributed by atoms with van der Waals surface area (Å²) in [6.45, 7) is 5.97. The molecule has 1 unspecified atom stereocenters. The van der Waals surface area contributed by atoms with Gasteiger partial charge < -0.3 is 4.90 Å². The Balaban J connectivity index is 2.02. The molecule has 2 aromatic rings. The highest BCUT2D eigenvalue weighted by atomic mass is 32.2. The summed E-state index contributed by atoms with van der Waals surface area (Å²) in [6, 6.07) is 17.2. The summed E-state index contributed by atoms with van der Waals surface area (Å²) in [6.07, 6.45) is 0. The van der Waals surface area contributed by atoms with Crippen molar-refractivity contribution in [1.82, 2.24) is 4.90 Å². The van der Waals surface area contributed by atoms with Crippen LogP contribution in [0.5, 0.6) is 0 Å². The molecule has 0 fully saturated rings. The van der Waals surface area contributed by atoms with Crippen LogP contribution < -0.4 is 0 Å². The minimum atomic E-state index is -3.62. The third kappa shape index (κ3) is 3.19. The van der Waals surface area contributed by atoms with Gasteiger partial charge in [0.25, 0.3) is 5.91 Å². The third-order valence-corrected chi connectivity index (χ3v) is 6.82. The summed E-state index contributed by atoms with van der Waals surface area (Å²) in [7, 11) is -3.62. The lowest BCUT2D eigenvalue weighted by Crippen LogP contribution is -2.40.